The third kappa shape index (κ3) is 22.0. The minimum atomic E-state index is 0.641. The van der Waals surface area contributed by atoms with Crippen LogP contribution in [0.5, 0.6) is 0 Å². The molecule has 0 aromatic heterocycles. The zero-order valence-corrected chi connectivity index (χ0v) is 28.3. The van der Waals surface area contributed by atoms with E-state index in [1.807, 2.05) is 0 Å². The molecule has 1 heterocycles. The van der Waals surface area contributed by atoms with E-state index < -0.39 is 0 Å². The molecule has 0 saturated carbocycles. The molecular formula is C38H76N2. The van der Waals surface area contributed by atoms with Gasteiger partial charge in [0.2, 0.25) is 0 Å². The van der Waals surface area contributed by atoms with Crippen LogP contribution in [0.3, 0.4) is 0 Å². The molecular weight excluding hydrogens is 484 g/mol. The summed E-state index contributed by atoms with van der Waals surface area (Å²) >= 11 is 0. The summed E-state index contributed by atoms with van der Waals surface area (Å²) in [5, 5.41) is 0. The zero-order valence-electron chi connectivity index (χ0n) is 28.3. The van der Waals surface area contributed by atoms with Crippen LogP contribution >= 0.6 is 0 Å². The van der Waals surface area contributed by atoms with Gasteiger partial charge >= 0.3 is 0 Å². The molecule has 1 aliphatic rings. The van der Waals surface area contributed by atoms with E-state index in [0.29, 0.717) is 6.17 Å². The van der Waals surface area contributed by atoms with Crippen molar-refractivity contribution in [2.75, 3.05) is 13.1 Å². The molecule has 0 aromatic rings. The minimum Gasteiger partial charge on any atom is -0.356 e. The fourth-order valence-electron chi connectivity index (χ4n) is 6.54. The summed E-state index contributed by atoms with van der Waals surface area (Å²) in [6.07, 6.45) is 48.4. The Bertz CT molecular complexity index is 516. The van der Waals surface area contributed by atoms with Crippen LogP contribution < -0.4 is 0 Å². The SMILES string of the molecule is CCCCCCCCCCCCCCC1N(CCCCCCCC)C=CN1CCCCCCCCCCCCC. The summed E-state index contributed by atoms with van der Waals surface area (Å²) < 4.78 is 0. The van der Waals surface area contributed by atoms with Gasteiger partial charge in [-0.2, -0.15) is 0 Å². The topological polar surface area (TPSA) is 6.48 Å². The Morgan fingerprint density at radius 3 is 0.875 bits per heavy atom. The number of hydrogen-bond acceptors (Lipinski definition) is 2. The number of rotatable bonds is 32. The number of hydrogen-bond donors (Lipinski definition) is 0. The van der Waals surface area contributed by atoms with E-state index in [9.17, 15) is 0 Å². The third-order valence-electron chi connectivity index (χ3n) is 9.32. The van der Waals surface area contributed by atoms with Gasteiger partial charge in [0, 0.05) is 25.5 Å². The Hall–Kier alpha value is -0.660. The number of nitrogens with zero attached hydrogens (tertiary/aromatic N) is 2. The van der Waals surface area contributed by atoms with Gasteiger partial charge < -0.3 is 9.80 Å². The Labute approximate surface area is 254 Å². The molecule has 0 N–H and O–H groups in total. The maximum absolute atomic E-state index is 2.71. The second kappa shape index (κ2) is 29.8. The lowest BCUT2D eigenvalue weighted by Gasteiger charge is -2.33. The molecule has 1 atom stereocenters. The van der Waals surface area contributed by atoms with Gasteiger partial charge in [0.25, 0.3) is 0 Å². The van der Waals surface area contributed by atoms with Gasteiger partial charge in [-0.05, 0) is 25.7 Å². The summed E-state index contributed by atoms with van der Waals surface area (Å²) in [6, 6.07) is 0. The van der Waals surface area contributed by atoms with Crippen molar-refractivity contribution in [3.05, 3.63) is 12.4 Å². The molecule has 40 heavy (non-hydrogen) atoms. The molecule has 0 amide bonds. The summed E-state index contributed by atoms with van der Waals surface area (Å²) in [4.78, 5) is 5.42. The molecule has 238 valence electrons. The molecule has 0 aliphatic carbocycles. The molecule has 0 saturated heterocycles. The Balaban J connectivity index is 2.20. The first-order valence-corrected chi connectivity index (χ1v) is 19.0. The zero-order chi connectivity index (χ0) is 28.8. The molecule has 2 nitrogen and oxygen atoms in total. The maximum Gasteiger partial charge on any atom is 0.101 e. The highest BCUT2D eigenvalue weighted by Gasteiger charge is 2.24. The van der Waals surface area contributed by atoms with E-state index in [2.05, 4.69) is 43.0 Å². The fourth-order valence-corrected chi connectivity index (χ4v) is 6.54. The van der Waals surface area contributed by atoms with Crippen LogP contribution in [0.25, 0.3) is 0 Å². The molecule has 1 unspecified atom stereocenters. The van der Waals surface area contributed by atoms with Crippen LogP contribution in [0.1, 0.15) is 213 Å². The predicted molar refractivity (Wildman–Crippen MR) is 182 cm³/mol. The van der Waals surface area contributed by atoms with Crippen molar-refractivity contribution < 1.29 is 0 Å². The lowest BCUT2D eigenvalue weighted by molar-refractivity contribution is 0.135. The van der Waals surface area contributed by atoms with Crippen molar-refractivity contribution >= 4 is 0 Å². The molecule has 0 spiro atoms. The molecule has 0 fully saturated rings. The first-order valence-electron chi connectivity index (χ1n) is 19.0. The van der Waals surface area contributed by atoms with Gasteiger partial charge in [-0.3, -0.25) is 0 Å². The van der Waals surface area contributed by atoms with Crippen molar-refractivity contribution in [1.82, 2.24) is 9.80 Å². The summed E-state index contributed by atoms with van der Waals surface area (Å²) in [5.74, 6) is 0. The first-order chi connectivity index (χ1) is 19.8. The summed E-state index contributed by atoms with van der Waals surface area (Å²) in [5.41, 5.74) is 0. The molecule has 1 rings (SSSR count). The second-order valence-corrected chi connectivity index (χ2v) is 13.2. The number of unbranched alkanes of at least 4 members (excludes halogenated alkanes) is 26. The van der Waals surface area contributed by atoms with Gasteiger partial charge in [0.1, 0.15) is 6.17 Å². The fraction of sp³-hybridized carbons (Fsp3) is 0.947. The smallest absolute Gasteiger partial charge is 0.101 e. The quantitative estimate of drug-likeness (QED) is 0.0755. The second-order valence-electron chi connectivity index (χ2n) is 13.2. The standard InChI is InChI=1S/C38H76N2/c1-4-7-10-13-16-18-20-21-23-25-27-30-33-38-39(34-31-28-15-12-9-6-3)36-37-40(38)35-32-29-26-24-22-19-17-14-11-8-5-2/h36-38H,4-35H2,1-3H3. The molecule has 0 aromatic carbocycles. The van der Waals surface area contributed by atoms with Gasteiger partial charge in [-0.15, -0.1) is 0 Å². The first kappa shape index (κ1) is 37.4. The van der Waals surface area contributed by atoms with Crippen molar-refractivity contribution in [3.63, 3.8) is 0 Å². The Morgan fingerprint density at radius 1 is 0.325 bits per heavy atom. The van der Waals surface area contributed by atoms with E-state index in [4.69, 9.17) is 0 Å². The average Bonchev–Trinajstić information content (AvgIpc) is 3.35. The average molecular weight is 561 g/mol. The van der Waals surface area contributed by atoms with Gasteiger partial charge in [-0.25, -0.2) is 0 Å². The lowest BCUT2D eigenvalue weighted by atomic mass is 10.0. The Kier molecular flexibility index (Phi) is 27.9. The van der Waals surface area contributed by atoms with Gasteiger partial charge in [0.15, 0.2) is 0 Å². The summed E-state index contributed by atoms with van der Waals surface area (Å²) in [7, 11) is 0. The van der Waals surface area contributed by atoms with Gasteiger partial charge in [0.05, 0.1) is 0 Å². The Morgan fingerprint density at radius 2 is 0.575 bits per heavy atom. The van der Waals surface area contributed by atoms with Crippen LogP contribution in [0.15, 0.2) is 12.4 Å². The molecule has 0 bridgehead atoms. The van der Waals surface area contributed by atoms with Crippen molar-refractivity contribution in [2.24, 2.45) is 0 Å². The highest BCUT2D eigenvalue weighted by molar-refractivity contribution is 4.97. The van der Waals surface area contributed by atoms with Crippen molar-refractivity contribution in [1.29, 1.82) is 0 Å². The van der Waals surface area contributed by atoms with E-state index in [1.165, 1.54) is 206 Å². The highest BCUT2D eigenvalue weighted by Crippen LogP contribution is 2.24. The monoisotopic (exact) mass is 561 g/mol. The van der Waals surface area contributed by atoms with Crippen LogP contribution in [0.2, 0.25) is 0 Å². The van der Waals surface area contributed by atoms with Crippen LogP contribution in [0, 0.1) is 0 Å². The predicted octanol–water partition coefficient (Wildman–Crippen LogP) is 13.2. The largest absolute Gasteiger partial charge is 0.356 e. The van der Waals surface area contributed by atoms with E-state index in [0.717, 1.165) is 0 Å². The van der Waals surface area contributed by atoms with Gasteiger partial charge in [-0.1, -0.05) is 188 Å². The van der Waals surface area contributed by atoms with E-state index in [1.54, 1.807) is 0 Å². The van der Waals surface area contributed by atoms with E-state index in [-0.39, 0.29) is 0 Å². The van der Waals surface area contributed by atoms with Crippen LogP contribution in [-0.4, -0.2) is 29.1 Å². The maximum atomic E-state index is 2.71. The lowest BCUT2D eigenvalue weighted by Crippen LogP contribution is -2.39. The highest BCUT2D eigenvalue weighted by atomic mass is 15.4. The van der Waals surface area contributed by atoms with Crippen LogP contribution in [-0.2, 0) is 0 Å². The van der Waals surface area contributed by atoms with E-state index >= 15 is 0 Å². The molecule has 1 aliphatic heterocycles. The molecule has 2 heteroatoms. The normalized spacial score (nSPS) is 15.1. The third-order valence-corrected chi connectivity index (χ3v) is 9.32. The minimum absolute atomic E-state index is 0.641. The van der Waals surface area contributed by atoms with Crippen LogP contribution in [0.4, 0.5) is 0 Å². The summed E-state index contributed by atoms with van der Waals surface area (Å²) in [6.45, 7) is 9.48. The van der Waals surface area contributed by atoms with Crippen molar-refractivity contribution in [3.8, 4) is 0 Å². The van der Waals surface area contributed by atoms with Crippen molar-refractivity contribution in [2.45, 2.75) is 220 Å². The molecule has 0 radical (unpaired) electrons.